The second-order valence-electron chi connectivity index (χ2n) is 13.1. The molecule has 8 nitrogen and oxygen atoms in total. The van der Waals surface area contributed by atoms with Gasteiger partial charge in [-0.3, -0.25) is 14.3 Å². The van der Waals surface area contributed by atoms with Crippen LogP contribution in [-0.2, 0) is 20.9 Å². The minimum absolute atomic E-state index is 0.00842. The number of aromatic nitrogens is 2. The zero-order valence-electron chi connectivity index (χ0n) is 22.4. The third-order valence-electron chi connectivity index (χ3n) is 11.1. The van der Waals surface area contributed by atoms with E-state index in [1.165, 1.54) is 6.92 Å². The number of hydrogen-bond acceptors (Lipinski definition) is 6. The van der Waals surface area contributed by atoms with E-state index in [0.717, 1.165) is 51.4 Å². The van der Waals surface area contributed by atoms with E-state index in [1.807, 2.05) is 0 Å². The summed E-state index contributed by atoms with van der Waals surface area (Å²) in [5.41, 5.74) is 6.63. The molecule has 1 aromatic heterocycles. The summed E-state index contributed by atoms with van der Waals surface area (Å²) in [7, 11) is 1.65. The number of ether oxygens (including phenoxy) is 1. The van der Waals surface area contributed by atoms with Crippen LogP contribution in [0, 0.1) is 34.5 Å². The van der Waals surface area contributed by atoms with Crippen molar-refractivity contribution >= 4 is 17.4 Å². The Balaban J connectivity index is 1.31. The number of ketones is 1. The molecule has 8 heteroatoms. The van der Waals surface area contributed by atoms with Gasteiger partial charge in [0.25, 0.3) is 0 Å². The molecule has 8 atom stereocenters. The van der Waals surface area contributed by atoms with Crippen molar-refractivity contribution in [3.8, 4) is 0 Å². The molecule has 0 aliphatic heterocycles. The Morgan fingerprint density at radius 2 is 1.94 bits per heavy atom. The first-order chi connectivity index (χ1) is 16.9. The molecule has 4 aliphatic rings. The van der Waals surface area contributed by atoms with Gasteiger partial charge in [0.1, 0.15) is 0 Å². The standard InChI is InChI=1S/C28H44N4O4/c1-18(33)31-19-13-30-32(14-19)15-24(34)23-6-5-21-20-7-10-28(29)16-27(35,17-36-4)12-11-26(28,3)22(20)8-9-25(21,23)2/h13-14,20-23,35H,5-12,15-17,29H2,1-4H3,(H,31,33)/t20-,21-,22-,23+,25-,26+,27+,28+/m0/s1. The Labute approximate surface area is 214 Å². The molecule has 0 saturated heterocycles. The highest BCUT2D eigenvalue weighted by Crippen LogP contribution is 2.68. The fourth-order valence-corrected chi connectivity index (χ4v) is 9.36. The van der Waals surface area contributed by atoms with Gasteiger partial charge in [0, 0.05) is 31.7 Å². The number of rotatable bonds is 6. The summed E-state index contributed by atoms with van der Waals surface area (Å²) in [5.74, 6) is 1.84. The topological polar surface area (TPSA) is 119 Å². The molecule has 1 heterocycles. The van der Waals surface area contributed by atoms with E-state index in [9.17, 15) is 14.7 Å². The zero-order valence-corrected chi connectivity index (χ0v) is 22.4. The van der Waals surface area contributed by atoms with Gasteiger partial charge in [-0.25, -0.2) is 0 Å². The van der Waals surface area contributed by atoms with Gasteiger partial charge < -0.3 is 20.9 Å². The number of fused-ring (bicyclic) bond motifs is 5. The van der Waals surface area contributed by atoms with Gasteiger partial charge in [0.05, 0.1) is 30.6 Å². The van der Waals surface area contributed by atoms with Gasteiger partial charge in [-0.2, -0.15) is 5.10 Å². The molecule has 4 aliphatic carbocycles. The second-order valence-corrected chi connectivity index (χ2v) is 13.1. The molecule has 200 valence electrons. The summed E-state index contributed by atoms with van der Waals surface area (Å²) in [6.45, 7) is 6.82. The monoisotopic (exact) mass is 500 g/mol. The lowest BCUT2D eigenvalue weighted by Crippen LogP contribution is -2.69. The number of aliphatic hydroxyl groups is 1. The smallest absolute Gasteiger partial charge is 0.221 e. The molecule has 0 spiro atoms. The Kier molecular flexibility index (Phi) is 6.40. The number of nitrogens with one attached hydrogen (secondary N) is 1. The quantitative estimate of drug-likeness (QED) is 0.550. The predicted octanol–water partition coefficient (Wildman–Crippen LogP) is 3.53. The number of carbonyl (C=O) groups excluding carboxylic acids is 2. The maximum Gasteiger partial charge on any atom is 0.221 e. The lowest BCUT2D eigenvalue weighted by atomic mass is 9.41. The van der Waals surface area contributed by atoms with Crippen molar-refractivity contribution in [2.45, 2.75) is 96.2 Å². The van der Waals surface area contributed by atoms with Crippen LogP contribution in [-0.4, -0.2) is 51.4 Å². The molecule has 5 rings (SSSR count). The Hall–Kier alpha value is -1.77. The summed E-state index contributed by atoms with van der Waals surface area (Å²) in [4.78, 5) is 24.9. The van der Waals surface area contributed by atoms with Crippen molar-refractivity contribution in [2.75, 3.05) is 19.0 Å². The highest BCUT2D eigenvalue weighted by molar-refractivity contribution is 5.88. The summed E-state index contributed by atoms with van der Waals surface area (Å²) in [6, 6.07) is 0. The SMILES string of the molecule is COC[C@@]1(O)CC[C@]2(C)[C@H]3CC[C@]4(C)[C@@H](C(=O)Cn5cc(NC(C)=O)cn5)CC[C@H]4[C@@H]3CC[C@@]2(N)C1. The van der Waals surface area contributed by atoms with E-state index in [4.69, 9.17) is 10.5 Å². The maximum absolute atomic E-state index is 13.5. The molecule has 0 bridgehead atoms. The Morgan fingerprint density at radius 1 is 1.17 bits per heavy atom. The summed E-state index contributed by atoms with van der Waals surface area (Å²) < 4.78 is 7.01. The summed E-state index contributed by atoms with van der Waals surface area (Å²) in [5, 5.41) is 18.2. The van der Waals surface area contributed by atoms with E-state index in [0.29, 0.717) is 36.5 Å². The largest absolute Gasteiger partial charge is 0.387 e. The molecule has 4 N–H and O–H groups in total. The van der Waals surface area contributed by atoms with Crippen LogP contribution in [0.2, 0.25) is 0 Å². The van der Waals surface area contributed by atoms with E-state index in [-0.39, 0.29) is 40.5 Å². The van der Waals surface area contributed by atoms with Crippen molar-refractivity contribution in [1.29, 1.82) is 0 Å². The first-order valence-electron chi connectivity index (χ1n) is 13.8. The third kappa shape index (κ3) is 4.04. The molecule has 1 amide bonds. The molecule has 1 aromatic rings. The van der Waals surface area contributed by atoms with Gasteiger partial charge in [0.2, 0.25) is 5.91 Å². The number of hydrogen-bond donors (Lipinski definition) is 3. The third-order valence-corrected chi connectivity index (χ3v) is 11.1. The molecule has 0 radical (unpaired) electrons. The number of carbonyl (C=O) groups is 2. The number of nitrogens with two attached hydrogens (primary N) is 1. The van der Waals surface area contributed by atoms with Gasteiger partial charge >= 0.3 is 0 Å². The maximum atomic E-state index is 13.5. The second kappa shape index (κ2) is 8.91. The minimum Gasteiger partial charge on any atom is -0.387 e. The average Bonchev–Trinajstić information content (AvgIpc) is 3.37. The average molecular weight is 501 g/mol. The first-order valence-corrected chi connectivity index (χ1v) is 13.8. The van der Waals surface area contributed by atoms with Gasteiger partial charge in [-0.1, -0.05) is 13.8 Å². The minimum atomic E-state index is -0.823. The molecular formula is C28H44N4O4. The Morgan fingerprint density at radius 3 is 2.67 bits per heavy atom. The molecule has 4 saturated carbocycles. The van der Waals surface area contributed by atoms with Crippen molar-refractivity contribution in [1.82, 2.24) is 9.78 Å². The van der Waals surface area contributed by atoms with Crippen LogP contribution < -0.4 is 11.1 Å². The van der Waals surface area contributed by atoms with E-state index in [1.54, 1.807) is 24.2 Å². The lowest BCUT2D eigenvalue weighted by molar-refractivity contribution is -0.173. The summed E-state index contributed by atoms with van der Waals surface area (Å²) >= 11 is 0. The normalized spacial score (nSPS) is 43.8. The fraction of sp³-hybridized carbons (Fsp3) is 0.821. The van der Waals surface area contributed by atoms with Crippen molar-refractivity contribution in [2.24, 2.45) is 40.2 Å². The van der Waals surface area contributed by atoms with E-state index < -0.39 is 5.60 Å². The predicted molar refractivity (Wildman–Crippen MR) is 137 cm³/mol. The van der Waals surface area contributed by atoms with Crippen molar-refractivity contribution in [3.05, 3.63) is 12.4 Å². The number of Topliss-reactive ketones (excluding diaryl/α,β-unsaturated/α-hetero) is 1. The van der Waals surface area contributed by atoms with Gasteiger partial charge in [-0.15, -0.1) is 0 Å². The van der Waals surface area contributed by atoms with E-state index in [2.05, 4.69) is 24.3 Å². The number of amides is 1. The molecule has 0 unspecified atom stereocenters. The molecular weight excluding hydrogens is 456 g/mol. The van der Waals surface area contributed by atoms with Crippen molar-refractivity contribution < 1.29 is 19.4 Å². The van der Waals surface area contributed by atoms with Crippen LogP contribution in [0.15, 0.2) is 12.4 Å². The van der Waals surface area contributed by atoms with Crippen LogP contribution in [0.1, 0.15) is 78.6 Å². The molecule has 36 heavy (non-hydrogen) atoms. The summed E-state index contributed by atoms with van der Waals surface area (Å²) in [6.07, 6.45) is 11.8. The van der Waals surface area contributed by atoms with Crippen LogP contribution in [0.5, 0.6) is 0 Å². The van der Waals surface area contributed by atoms with Crippen LogP contribution in [0.4, 0.5) is 5.69 Å². The van der Waals surface area contributed by atoms with Crippen LogP contribution in [0.3, 0.4) is 0 Å². The first kappa shape index (κ1) is 25.9. The fourth-order valence-electron chi connectivity index (χ4n) is 9.36. The van der Waals surface area contributed by atoms with Gasteiger partial charge in [-0.05, 0) is 86.4 Å². The highest BCUT2D eigenvalue weighted by Gasteiger charge is 2.65. The highest BCUT2D eigenvalue weighted by atomic mass is 16.5. The number of methoxy groups -OCH3 is 1. The lowest BCUT2D eigenvalue weighted by Gasteiger charge is -2.66. The van der Waals surface area contributed by atoms with E-state index >= 15 is 0 Å². The molecule has 0 aromatic carbocycles. The molecule has 4 fully saturated rings. The Bertz CT molecular complexity index is 1030. The zero-order chi connectivity index (χ0) is 25.9. The van der Waals surface area contributed by atoms with Crippen molar-refractivity contribution in [3.63, 3.8) is 0 Å². The number of anilines is 1. The van der Waals surface area contributed by atoms with Crippen LogP contribution in [0.25, 0.3) is 0 Å². The van der Waals surface area contributed by atoms with Gasteiger partial charge in [0.15, 0.2) is 5.78 Å². The van der Waals surface area contributed by atoms with Crippen LogP contribution >= 0.6 is 0 Å². The number of nitrogens with zero attached hydrogens (tertiary/aromatic N) is 2.